The first-order chi connectivity index (χ1) is 12.3. The number of imide groups is 1. The minimum atomic E-state index is -1.33. The number of hydrogen-bond acceptors (Lipinski definition) is 6. The molecule has 7 nitrogen and oxygen atoms in total. The van der Waals surface area contributed by atoms with Gasteiger partial charge >= 0.3 is 5.97 Å². The van der Waals surface area contributed by atoms with Crippen LogP contribution in [0.2, 0.25) is 0 Å². The number of aliphatic carboxylic acids is 1. The van der Waals surface area contributed by atoms with Gasteiger partial charge in [-0.3, -0.25) is 29.0 Å². The molecule has 0 spiro atoms. The monoisotopic (exact) mass is 394 g/mol. The molecule has 1 unspecified atom stereocenters. The van der Waals surface area contributed by atoms with Gasteiger partial charge in [0.05, 0.1) is 11.3 Å². The number of hydrogen-bond donors (Lipinski definition) is 1. The number of amides is 3. The molecule has 134 valence electrons. The summed E-state index contributed by atoms with van der Waals surface area (Å²) in [6, 6.07) is 4.32. The van der Waals surface area contributed by atoms with Crippen LogP contribution >= 0.6 is 24.0 Å². The van der Waals surface area contributed by atoms with Crippen molar-refractivity contribution in [3.8, 4) is 0 Å². The molecule has 0 aliphatic carbocycles. The Labute approximate surface area is 156 Å². The van der Waals surface area contributed by atoms with Crippen molar-refractivity contribution in [2.75, 3.05) is 6.54 Å². The van der Waals surface area contributed by atoms with Gasteiger partial charge in [0, 0.05) is 0 Å². The predicted octanol–water partition coefficient (Wildman–Crippen LogP) is 1.24. The van der Waals surface area contributed by atoms with Gasteiger partial charge in [0.1, 0.15) is 22.7 Å². The quantitative estimate of drug-likeness (QED) is 0.466. The first-order valence-corrected chi connectivity index (χ1v) is 8.59. The fourth-order valence-electron chi connectivity index (χ4n) is 2.63. The zero-order valence-corrected chi connectivity index (χ0v) is 14.7. The van der Waals surface area contributed by atoms with Crippen LogP contribution < -0.4 is 0 Å². The summed E-state index contributed by atoms with van der Waals surface area (Å²) in [7, 11) is 0. The van der Waals surface area contributed by atoms with Crippen molar-refractivity contribution in [3.05, 3.63) is 40.6 Å². The van der Waals surface area contributed by atoms with E-state index in [9.17, 15) is 23.6 Å². The topological polar surface area (TPSA) is 95.0 Å². The van der Waals surface area contributed by atoms with Crippen LogP contribution in [0.1, 0.15) is 12.0 Å². The number of carbonyl (C=O) groups excluding carboxylic acids is 3. The molecule has 0 aromatic heterocycles. The van der Waals surface area contributed by atoms with Crippen molar-refractivity contribution in [1.29, 1.82) is 0 Å². The number of carbonyl (C=O) groups is 4. The van der Waals surface area contributed by atoms with E-state index in [0.717, 1.165) is 16.7 Å². The third-order valence-electron chi connectivity index (χ3n) is 3.82. The van der Waals surface area contributed by atoms with Gasteiger partial charge in [-0.25, -0.2) is 4.39 Å². The standard InChI is InChI=1S/C16H11FN2O5S2/c17-9-3-1-8(2-4-9)5-11-15(24)19(16(25)26-11)10-6-12(20)18(14(10)23)7-13(21)22/h1-5,10H,6-7H2,(H,21,22)/b11-5-. The number of carboxylic acids is 1. The van der Waals surface area contributed by atoms with Crippen molar-refractivity contribution in [3.63, 3.8) is 0 Å². The van der Waals surface area contributed by atoms with Crippen molar-refractivity contribution < 1.29 is 28.7 Å². The Morgan fingerprint density at radius 2 is 1.96 bits per heavy atom. The van der Waals surface area contributed by atoms with E-state index >= 15 is 0 Å². The van der Waals surface area contributed by atoms with Crippen molar-refractivity contribution in [1.82, 2.24) is 9.80 Å². The van der Waals surface area contributed by atoms with E-state index in [0.29, 0.717) is 10.5 Å². The van der Waals surface area contributed by atoms with Crippen LogP contribution in [0, 0.1) is 5.82 Å². The fraction of sp³-hybridized carbons (Fsp3) is 0.188. The van der Waals surface area contributed by atoms with E-state index < -0.39 is 42.1 Å². The number of rotatable bonds is 4. The van der Waals surface area contributed by atoms with Crippen molar-refractivity contribution >= 4 is 58.1 Å². The van der Waals surface area contributed by atoms with Crippen LogP contribution in [0.25, 0.3) is 6.08 Å². The molecule has 1 aromatic rings. The lowest BCUT2D eigenvalue weighted by Crippen LogP contribution is -2.45. The van der Waals surface area contributed by atoms with E-state index in [-0.39, 0.29) is 15.6 Å². The van der Waals surface area contributed by atoms with Crippen LogP contribution in [-0.2, 0) is 19.2 Å². The summed E-state index contributed by atoms with van der Waals surface area (Å²) < 4.78 is 13.1. The molecule has 2 fully saturated rings. The molecule has 3 amide bonds. The number of thioether (sulfide) groups is 1. The normalized spacial score (nSPS) is 22.0. The Morgan fingerprint density at radius 3 is 2.58 bits per heavy atom. The summed E-state index contributed by atoms with van der Waals surface area (Å²) in [6.45, 7) is -0.756. The Bertz CT molecular complexity index is 868. The maximum Gasteiger partial charge on any atom is 0.323 e. The van der Waals surface area contributed by atoms with Gasteiger partial charge in [-0.05, 0) is 23.8 Å². The van der Waals surface area contributed by atoms with Crippen LogP contribution in [0.3, 0.4) is 0 Å². The van der Waals surface area contributed by atoms with E-state index in [1.165, 1.54) is 30.3 Å². The van der Waals surface area contributed by atoms with E-state index in [1.54, 1.807) is 0 Å². The van der Waals surface area contributed by atoms with Gasteiger partial charge in [-0.1, -0.05) is 36.1 Å². The lowest BCUT2D eigenvalue weighted by molar-refractivity contribution is -0.149. The van der Waals surface area contributed by atoms with E-state index in [4.69, 9.17) is 17.3 Å². The number of nitrogens with zero attached hydrogens (tertiary/aromatic N) is 2. The number of thiocarbonyl (C=S) groups is 1. The maximum absolute atomic E-state index is 13.0. The van der Waals surface area contributed by atoms with Gasteiger partial charge in [-0.15, -0.1) is 0 Å². The lowest BCUT2D eigenvalue weighted by atomic mass is 10.2. The molecule has 3 rings (SSSR count). The summed E-state index contributed by atoms with van der Waals surface area (Å²) in [5.41, 5.74) is 0.577. The number of likely N-dealkylation sites (tertiary alicyclic amines) is 1. The summed E-state index contributed by atoms with van der Waals surface area (Å²) in [4.78, 5) is 49.6. The van der Waals surface area contributed by atoms with Crippen LogP contribution in [-0.4, -0.2) is 55.5 Å². The van der Waals surface area contributed by atoms with Crippen molar-refractivity contribution in [2.45, 2.75) is 12.5 Å². The summed E-state index contributed by atoms with van der Waals surface area (Å²) in [6.07, 6.45) is 1.19. The highest BCUT2D eigenvalue weighted by molar-refractivity contribution is 8.26. The van der Waals surface area contributed by atoms with E-state index in [1.807, 2.05) is 0 Å². The molecule has 2 heterocycles. The van der Waals surface area contributed by atoms with Gasteiger partial charge in [0.2, 0.25) is 5.91 Å². The highest BCUT2D eigenvalue weighted by atomic mass is 32.2. The number of halogens is 1. The summed E-state index contributed by atoms with van der Waals surface area (Å²) in [5.74, 6) is -3.72. The van der Waals surface area contributed by atoms with Gasteiger partial charge in [0.15, 0.2) is 0 Å². The highest BCUT2D eigenvalue weighted by Crippen LogP contribution is 2.36. The predicted molar refractivity (Wildman–Crippen MR) is 94.2 cm³/mol. The smallest absolute Gasteiger partial charge is 0.323 e. The third-order valence-corrected chi connectivity index (χ3v) is 5.15. The molecule has 0 bridgehead atoms. The molecule has 10 heteroatoms. The SMILES string of the molecule is O=C(O)CN1C(=O)CC(N2C(=O)/C(=C/c3ccc(F)cc3)SC2=S)C1=O. The fourth-order valence-corrected chi connectivity index (χ4v) is 3.98. The van der Waals surface area contributed by atoms with Crippen LogP contribution in [0.5, 0.6) is 0 Å². The molecule has 2 saturated heterocycles. The van der Waals surface area contributed by atoms with Crippen molar-refractivity contribution in [2.24, 2.45) is 0 Å². The zero-order valence-electron chi connectivity index (χ0n) is 13.0. The Morgan fingerprint density at radius 1 is 1.31 bits per heavy atom. The Balaban J connectivity index is 1.83. The molecule has 1 N–H and O–H groups in total. The largest absolute Gasteiger partial charge is 0.480 e. The molecule has 1 atom stereocenters. The average Bonchev–Trinajstić information content (AvgIpc) is 2.99. The highest BCUT2D eigenvalue weighted by Gasteiger charge is 2.48. The molecular formula is C16H11FN2O5S2. The number of benzene rings is 1. The molecular weight excluding hydrogens is 383 g/mol. The molecule has 26 heavy (non-hydrogen) atoms. The van der Waals surface area contributed by atoms with Gasteiger partial charge in [0.25, 0.3) is 11.8 Å². The first kappa shape index (κ1) is 18.2. The minimum absolute atomic E-state index is 0.103. The molecule has 0 saturated carbocycles. The first-order valence-electron chi connectivity index (χ1n) is 7.36. The second-order valence-corrected chi connectivity index (χ2v) is 7.21. The van der Waals surface area contributed by atoms with Crippen LogP contribution in [0.4, 0.5) is 4.39 Å². The average molecular weight is 394 g/mol. The molecule has 2 aliphatic heterocycles. The van der Waals surface area contributed by atoms with Crippen LogP contribution in [0.15, 0.2) is 29.2 Å². The second kappa shape index (κ2) is 6.96. The summed E-state index contributed by atoms with van der Waals surface area (Å²) >= 11 is 6.12. The van der Waals surface area contributed by atoms with Gasteiger partial charge in [-0.2, -0.15) is 0 Å². The Kier molecular flexibility index (Phi) is 4.88. The molecule has 0 radical (unpaired) electrons. The maximum atomic E-state index is 13.0. The second-order valence-electron chi connectivity index (χ2n) is 5.54. The molecule has 1 aromatic carbocycles. The zero-order chi connectivity index (χ0) is 19.0. The van der Waals surface area contributed by atoms with E-state index in [2.05, 4.69) is 0 Å². The Hall–Kier alpha value is -2.59. The number of carboxylic acid groups (broad SMARTS) is 1. The summed E-state index contributed by atoms with van der Waals surface area (Å²) in [5, 5.41) is 8.80. The lowest BCUT2D eigenvalue weighted by Gasteiger charge is -2.20. The minimum Gasteiger partial charge on any atom is -0.480 e. The van der Waals surface area contributed by atoms with Gasteiger partial charge < -0.3 is 5.11 Å². The third kappa shape index (κ3) is 3.37. The molecule has 2 aliphatic rings.